The quantitative estimate of drug-likeness (QED) is 0.682. The van der Waals surface area contributed by atoms with E-state index < -0.39 is 0 Å². The Kier molecular flexibility index (Phi) is 5.51. The fraction of sp³-hybridized carbons (Fsp3) is 0.100. The van der Waals surface area contributed by atoms with Crippen molar-refractivity contribution < 1.29 is 18.7 Å². The summed E-state index contributed by atoms with van der Waals surface area (Å²) in [6, 6.07) is 14.3. The van der Waals surface area contributed by atoms with Gasteiger partial charge in [0.15, 0.2) is 0 Å². The zero-order valence-corrected chi connectivity index (χ0v) is 14.8. The minimum atomic E-state index is -0.361. The van der Waals surface area contributed by atoms with E-state index in [0.29, 0.717) is 34.3 Å². The Hall–Kier alpha value is -3.61. The highest BCUT2D eigenvalue weighted by Crippen LogP contribution is 2.29. The third kappa shape index (κ3) is 4.52. The van der Waals surface area contributed by atoms with Crippen LogP contribution in [0, 0.1) is 5.82 Å². The Bertz CT molecular complexity index is 963. The molecule has 0 aliphatic heterocycles. The minimum Gasteiger partial charge on any atom is -0.497 e. The van der Waals surface area contributed by atoms with Crippen LogP contribution in [0.25, 0.3) is 0 Å². The fourth-order valence-corrected chi connectivity index (χ4v) is 2.45. The molecule has 0 aliphatic rings. The summed E-state index contributed by atoms with van der Waals surface area (Å²) in [4.78, 5) is 16.7. The molecule has 138 valence electrons. The second-order valence-corrected chi connectivity index (χ2v) is 5.59. The molecule has 3 rings (SSSR count). The Balaban J connectivity index is 1.77. The number of aromatic nitrogens is 1. The number of pyridine rings is 1. The van der Waals surface area contributed by atoms with Gasteiger partial charge in [-0.1, -0.05) is 6.07 Å². The number of halogens is 1. The van der Waals surface area contributed by atoms with Gasteiger partial charge in [0.05, 0.1) is 19.9 Å². The van der Waals surface area contributed by atoms with E-state index in [9.17, 15) is 9.18 Å². The van der Waals surface area contributed by atoms with E-state index >= 15 is 0 Å². The molecular formula is C20H18FN3O3. The van der Waals surface area contributed by atoms with Crippen LogP contribution in [0.2, 0.25) is 0 Å². The van der Waals surface area contributed by atoms with Gasteiger partial charge in [-0.15, -0.1) is 0 Å². The Morgan fingerprint density at radius 3 is 2.63 bits per heavy atom. The van der Waals surface area contributed by atoms with Crippen molar-refractivity contribution in [2.24, 2.45) is 0 Å². The van der Waals surface area contributed by atoms with Crippen molar-refractivity contribution in [1.29, 1.82) is 0 Å². The van der Waals surface area contributed by atoms with E-state index in [1.807, 2.05) is 0 Å². The summed E-state index contributed by atoms with van der Waals surface area (Å²) in [5.74, 6) is 0.837. The number of ether oxygens (including phenoxy) is 2. The second kappa shape index (κ2) is 8.18. The summed E-state index contributed by atoms with van der Waals surface area (Å²) in [6.07, 6.45) is 1.50. The molecule has 0 saturated carbocycles. The van der Waals surface area contributed by atoms with Crippen LogP contribution in [0.3, 0.4) is 0 Å². The van der Waals surface area contributed by atoms with E-state index in [-0.39, 0.29) is 11.7 Å². The van der Waals surface area contributed by atoms with Gasteiger partial charge in [0.25, 0.3) is 5.91 Å². The van der Waals surface area contributed by atoms with Gasteiger partial charge in [-0.25, -0.2) is 9.37 Å². The molecule has 1 amide bonds. The summed E-state index contributed by atoms with van der Waals surface area (Å²) in [5, 5.41) is 5.76. The molecule has 0 spiro atoms. The molecule has 7 heteroatoms. The highest BCUT2D eigenvalue weighted by atomic mass is 19.1. The van der Waals surface area contributed by atoms with Crippen LogP contribution in [0.1, 0.15) is 10.4 Å². The number of hydrogen-bond acceptors (Lipinski definition) is 5. The third-order valence-electron chi connectivity index (χ3n) is 3.78. The van der Waals surface area contributed by atoms with Gasteiger partial charge in [0, 0.05) is 23.5 Å². The van der Waals surface area contributed by atoms with E-state index in [4.69, 9.17) is 9.47 Å². The van der Waals surface area contributed by atoms with E-state index in [1.54, 1.807) is 49.6 Å². The Morgan fingerprint density at radius 1 is 1.04 bits per heavy atom. The van der Waals surface area contributed by atoms with E-state index in [0.717, 1.165) is 0 Å². The first kappa shape index (κ1) is 18.2. The van der Waals surface area contributed by atoms with Crippen LogP contribution < -0.4 is 20.1 Å². The summed E-state index contributed by atoms with van der Waals surface area (Å²) in [7, 11) is 3.06. The molecule has 6 nitrogen and oxygen atoms in total. The molecule has 0 radical (unpaired) electrons. The highest BCUT2D eigenvalue weighted by molar-refractivity contribution is 6.05. The molecule has 0 bridgehead atoms. The van der Waals surface area contributed by atoms with Gasteiger partial charge in [-0.2, -0.15) is 0 Å². The molecule has 1 heterocycles. The minimum absolute atomic E-state index is 0.330. The number of benzene rings is 2. The normalized spacial score (nSPS) is 10.2. The third-order valence-corrected chi connectivity index (χ3v) is 3.78. The lowest BCUT2D eigenvalue weighted by Gasteiger charge is -2.12. The number of carbonyl (C=O) groups is 1. The standard InChI is InChI=1S/C20H18FN3O3/c1-26-16-6-7-17(18(12-16)27-2)24-20(25)13-8-9-22-19(10-13)23-15-5-3-4-14(21)11-15/h3-12H,1-2H3,(H,22,23)(H,24,25). The van der Waals surface area contributed by atoms with Crippen LogP contribution in [0.15, 0.2) is 60.8 Å². The van der Waals surface area contributed by atoms with Gasteiger partial charge in [-0.3, -0.25) is 4.79 Å². The fourth-order valence-electron chi connectivity index (χ4n) is 2.45. The SMILES string of the molecule is COc1ccc(NC(=O)c2ccnc(Nc3cccc(F)c3)c2)c(OC)c1. The molecule has 0 unspecified atom stereocenters. The number of carbonyl (C=O) groups excluding carboxylic acids is 1. The second-order valence-electron chi connectivity index (χ2n) is 5.59. The Labute approximate surface area is 156 Å². The molecule has 2 N–H and O–H groups in total. The lowest BCUT2D eigenvalue weighted by Crippen LogP contribution is -2.13. The summed E-state index contributed by atoms with van der Waals surface area (Å²) < 4.78 is 23.7. The average molecular weight is 367 g/mol. The zero-order chi connectivity index (χ0) is 19.2. The topological polar surface area (TPSA) is 72.5 Å². The van der Waals surface area contributed by atoms with Gasteiger partial charge < -0.3 is 20.1 Å². The number of hydrogen-bond donors (Lipinski definition) is 2. The molecule has 2 aromatic carbocycles. The molecule has 0 atom stereocenters. The van der Waals surface area contributed by atoms with Gasteiger partial charge >= 0.3 is 0 Å². The smallest absolute Gasteiger partial charge is 0.255 e. The molecule has 1 aromatic heterocycles. The average Bonchev–Trinajstić information content (AvgIpc) is 2.68. The first-order valence-corrected chi connectivity index (χ1v) is 8.11. The number of anilines is 3. The van der Waals surface area contributed by atoms with Gasteiger partial charge in [0.1, 0.15) is 23.1 Å². The maximum atomic E-state index is 13.3. The van der Waals surface area contributed by atoms with Crippen molar-refractivity contribution in [1.82, 2.24) is 4.98 Å². The monoisotopic (exact) mass is 367 g/mol. The lowest BCUT2D eigenvalue weighted by atomic mass is 10.2. The predicted molar refractivity (Wildman–Crippen MR) is 101 cm³/mol. The van der Waals surface area contributed by atoms with E-state index in [2.05, 4.69) is 15.6 Å². The number of amides is 1. The van der Waals surface area contributed by atoms with E-state index in [1.165, 1.54) is 25.4 Å². The maximum Gasteiger partial charge on any atom is 0.255 e. The number of nitrogens with one attached hydrogen (secondary N) is 2. The van der Waals surface area contributed by atoms with Crippen LogP contribution in [0.4, 0.5) is 21.6 Å². The van der Waals surface area contributed by atoms with Crippen molar-refractivity contribution in [2.45, 2.75) is 0 Å². The predicted octanol–water partition coefficient (Wildman–Crippen LogP) is 4.23. The summed E-state index contributed by atoms with van der Waals surface area (Å²) in [6.45, 7) is 0. The molecule has 0 saturated heterocycles. The molecule has 0 fully saturated rings. The maximum absolute atomic E-state index is 13.3. The van der Waals surface area contributed by atoms with Gasteiger partial charge in [0.2, 0.25) is 0 Å². The first-order chi connectivity index (χ1) is 13.1. The van der Waals surface area contributed by atoms with Crippen molar-refractivity contribution in [3.63, 3.8) is 0 Å². The number of rotatable bonds is 6. The lowest BCUT2D eigenvalue weighted by molar-refractivity contribution is 0.102. The van der Waals surface area contributed by atoms with Crippen molar-refractivity contribution in [3.8, 4) is 11.5 Å². The van der Waals surface area contributed by atoms with Crippen LogP contribution >= 0.6 is 0 Å². The molecule has 3 aromatic rings. The highest BCUT2D eigenvalue weighted by Gasteiger charge is 2.12. The van der Waals surface area contributed by atoms with Crippen molar-refractivity contribution >= 4 is 23.1 Å². The number of methoxy groups -OCH3 is 2. The van der Waals surface area contributed by atoms with Crippen molar-refractivity contribution in [3.05, 3.63) is 72.2 Å². The molecule has 0 aliphatic carbocycles. The van der Waals surface area contributed by atoms with Crippen LogP contribution in [0.5, 0.6) is 11.5 Å². The summed E-state index contributed by atoms with van der Waals surface area (Å²) >= 11 is 0. The number of nitrogens with zero attached hydrogens (tertiary/aromatic N) is 1. The first-order valence-electron chi connectivity index (χ1n) is 8.11. The van der Waals surface area contributed by atoms with Gasteiger partial charge in [-0.05, 0) is 42.5 Å². The zero-order valence-electron chi connectivity index (χ0n) is 14.8. The van der Waals surface area contributed by atoms with Crippen LogP contribution in [-0.4, -0.2) is 25.1 Å². The largest absolute Gasteiger partial charge is 0.497 e. The van der Waals surface area contributed by atoms with Crippen molar-refractivity contribution in [2.75, 3.05) is 24.9 Å². The molecule has 27 heavy (non-hydrogen) atoms. The Morgan fingerprint density at radius 2 is 1.89 bits per heavy atom. The van der Waals surface area contributed by atoms with Crippen LogP contribution in [-0.2, 0) is 0 Å². The summed E-state index contributed by atoms with van der Waals surface area (Å²) in [5.41, 5.74) is 1.44. The molecular weight excluding hydrogens is 349 g/mol.